The van der Waals surface area contributed by atoms with Gasteiger partial charge in [-0.1, -0.05) is 42.5 Å². The molecule has 0 atom stereocenters. The Labute approximate surface area is 234 Å². The minimum absolute atomic E-state index is 0.114. The van der Waals surface area contributed by atoms with Crippen LogP contribution in [0.4, 0.5) is 22.0 Å². The quantitative estimate of drug-likeness (QED) is 0.393. The summed E-state index contributed by atoms with van der Waals surface area (Å²) >= 11 is 0. The number of nitrogens with zero attached hydrogens (tertiary/aromatic N) is 2. The predicted octanol–water partition coefficient (Wildman–Crippen LogP) is 5.28. The zero-order valence-electron chi connectivity index (χ0n) is 22.3. The molecule has 3 aromatic carbocycles. The van der Waals surface area contributed by atoms with Gasteiger partial charge in [-0.25, -0.2) is 8.78 Å². The molecule has 0 saturated carbocycles. The highest BCUT2D eigenvalue weighted by Crippen LogP contribution is 2.42. The van der Waals surface area contributed by atoms with Gasteiger partial charge in [-0.05, 0) is 66.3 Å². The first kappa shape index (κ1) is 28.7. The standard InChI is InChI=1S/C31H30F5N3O2/c32-25-8-4-22(5-9-25)30(23-6-10-26(33)11-7-23)14-17-39(29(30)41)20-28(40)37-27-12-15-38(16-13-27)19-21-2-1-3-24(18-21)31(34,35)36/h1-11,18,27H,12-17,19-20H2,(H,37,40). The molecule has 5 rings (SSSR count). The summed E-state index contributed by atoms with van der Waals surface area (Å²) in [7, 11) is 0. The summed E-state index contributed by atoms with van der Waals surface area (Å²) in [6.07, 6.45) is -2.77. The van der Waals surface area contributed by atoms with Crippen LogP contribution < -0.4 is 5.32 Å². The van der Waals surface area contributed by atoms with Crippen LogP contribution in [-0.4, -0.2) is 53.8 Å². The van der Waals surface area contributed by atoms with E-state index < -0.39 is 28.8 Å². The van der Waals surface area contributed by atoms with Crippen molar-refractivity contribution in [2.75, 3.05) is 26.2 Å². The Bertz CT molecular complexity index is 1340. The van der Waals surface area contributed by atoms with Crippen LogP contribution in [0.5, 0.6) is 0 Å². The second kappa shape index (κ2) is 11.6. The lowest BCUT2D eigenvalue weighted by atomic mass is 9.73. The van der Waals surface area contributed by atoms with Crippen molar-refractivity contribution >= 4 is 11.8 Å². The summed E-state index contributed by atoms with van der Waals surface area (Å²) in [5, 5.41) is 2.99. The number of carbonyl (C=O) groups is 2. The third-order valence-corrected chi connectivity index (χ3v) is 8.03. The molecule has 3 aromatic rings. The largest absolute Gasteiger partial charge is 0.416 e. The monoisotopic (exact) mass is 571 g/mol. The maximum absolute atomic E-state index is 13.8. The average molecular weight is 572 g/mol. The van der Waals surface area contributed by atoms with Gasteiger partial charge in [0.15, 0.2) is 0 Å². The van der Waals surface area contributed by atoms with E-state index in [1.165, 1.54) is 41.3 Å². The van der Waals surface area contributed by atoms with Gasteiger partial charge in [0, 0.05) is 32.2 Å². The molecular formula is C31H30F5N3O2. The van der Waals surface area contributed by atoms with Crippen molar-refractivity contribution in [2.24, 2.45) is 0 Å². The first-order valence-corrected chi connectivity index (χ1v) is 13.5. The second-order valence-corrected chi connectivity index (χ2v) is 10.7. The molecule has 2 fully saturated rings. The number of benzene rings is 3. The van der Waals surface area contributed by atoms with Crippen molar-refractivity contribution in [3.05, 3.63) is 107 Å². The van der Waals surface area contributed by atoms with Crippen LogP contribution >= 0.6 is 0 Å². The number of piperidine rings is 1. The molecule has 5 nitrogen and oxygen atoms in total. The van der Waals surface area contributed by atoms with Crippen LogP contribution in [0.3, 0.4) is 0 Å². The molecule has 0 aliphatic carbocycles. The molecule has 0 aromatic heterocycles. The molecular weight excluding hydrogens is 541 g/mol. The number of nitrogens with one attached hydrogen (secondary N) is 1. The molecule has 0 radical (unpaired) electrons. The van der Waals surface area contributed by atoms with Gasteiger partial charge < -0.3 is 10.2 Å². The third-order valence-electron chi connectivity index (χ3n) is 8.03. The van der Waals surface area contributed by atoms with E-state index in [0.29, 0.717) is 62.1 Å². The van der Waals surface area contributed by atoms with Crippen molar-refractivity contribution in [1.29, 1.82) is 0 Å². The first-order valence-electron chi connectivity index (χ1n) is 13.5. The SMILES string of the molecule is O=C(CN1CCC(c2ccc(F)cc2)(c2ccc(F)cc2)C1=O)NC1CCN(Cc2cccc(C(F)(F)F)c2)CC1. The van der Waals surface area contributed by atoms with Gasteiger partial charge in [-0.15, -0.1) is 0 Å². The number of likely N-dealkylation sites (tertiary alicyclic amines) is 2. The Balaban J connectivity index is 1.19. The predicted molar refractivity (Wildman–Crippen MR) is 143 cm³/mol. The minimum atomic E-state index is -4.39. The summed E-state index contributed by atoms with van der Waals surface area (Å²) in [4.78, 5) is 30.3. The molecule has 2 amide bonds. The Morgan fingerprint density at radius 3 is 2.02 bits per heavy atom. The van der Waals surface area contributed by atoms with Crippen LogP contribution in [-0.2, 0) is 27.7 Å². The molecule has 2 aliphatic rings. The summed E-state index contributed by atoms with van der Waals surface area (Å²) < 4.78 is 66.4. The topological polar surface area (TPSA) is 52.7 Å². The van der Waals surface area contributed by atoms with Gasteiger partial charge >= 0.3 is 6.18 Å². The average Bonchev–Trinajstić information content (AvgIpc) is 3.26. The molecule has 2 aliphatic heterocycles. The number of halogens is 5. The highest BCUT2D eigenvalue weighted by molar-refractivity contribution is 5.96. The summed E-state index contributed by atoms with van der Waals surface area (Å²) in [6.45, 7) is 1.77. The van der Waals surface area contributed by atoms with E-state index in [4.69, 9.17) is 0 Å². The molecule has 41 heavy (non-hydrogen) atoms. The number of alkyl halides is 3. The normalized spacial score (nSPS) is 18.1. The zero-order valence-corrected chi connectivity index (χ0v) is 22.3. The third kappa shape index (κ3) is 6.27. The van der Waals surface area contributed by atoms with Gasteiger partial charge in [0.25, 0.3) is 0 Å². The molecule has 0 spiro atoms. The molecule has 1 N–H and O–H groups in total. The van der Waals surface area contributed by atoms with Crippen LogP contribution in [0.1, 0.15) is 41.5 Å². The summed E-state index contributed by atoms with van der Waals surface area (Å²) in [5.74, 6) is -1.48. The lowest BCUT2D eigenvalue weighted by Gasteiger charge is -2.33. The van der Waals surface area contributed by atoms with Gasteiger partial charge in [0.2, 0.25) is 11.8 Å². The molecule has 216 valence electrons. The Hall–Kier alpha value is -3.79. The lowest BCUT2D eigenvalue weighted by Crippen LogP contribution is -2.48. The molecule has 2 saturated heterocycles. The van der Waals surface area contributed by atoms with Crippen molar-refractivity contribution in [3.8, 4) is 0 Å². The zero-order chi connectivity index (χ0) is 29.2. The highest BCUT2D eigenvalue weighted by atomic mass is 19.4. The number of hydrogen-bond donors (Lipinski definition) is 1. The van der Waals surface area contributed by atoms with Crippen LogP contribution in [0, 0.1) is 11.6 Å². The molecule has 0 unspecified atom stereocenters. The minimum Gasteiger partial charge on any atom is -0.352 e. The highest BCUT2D eigenvalue weighted by Gasteiger charge is 2.49. The number of amides is 2. The van der Waals surface area contributed by atoms with E-state index in [0.717, 1.165) is 6.07 Å². The molecule has 10 heteroatoms. The number of rotatable bonds is 7. The van der Waals surface area contributed by atoms with Crippen molar-refractivity contribution in [1.82, 2.24) is 15.1 Å². The number of hydrogen-bond acceptors (Lipinski definition) is 3. The van der Waals surface area contributed by atoms with Crippen LogP contribution in [0.25, 0.3) is 0 Å². The van der Waals surface area contributed by atoms with Crippen LogP contribution in [0.2, 0.25) is 0 Å². The summed E-state index contributed by atoms with van der Waals surface area (Å²) in [5.41, 5.74) is -0.0913. The lowest BCUT2D eigenvalue weighted by molar-refractivity contribution is -0.137. The smallest absolute Gasteiger partial charge is 0.352 e. The maximum Gasteiger partial charge on any atom is 0.416 e. The van der Waals surface area contributed by atoms with E-state index in [2.05, 4.69) is 10.2 Å². The second-order valence-electron chi connectivity index (χ2n) is 10.7. The van der Waals surface area contributed by atoms with E-state index >= 15 is 0 Å². The fourth-order valence-electron chi connectivity index (χ4n) is 5.89. The fraction of sp³-hybridized carbons (Fsp3) is 0.355. The van der Waals surface area contributed by atoms with Crippen molar-refractivity contribution in [2.45, 2.75) is 43.4 Å². The molecule has 2 heterocycles. The first-order chi connectivity index (χ1) is 19.5. The maximum atomic E-state index is 13.8. The Morgan fingerprint density at radius 1 is 0.878 bits per heavy atom. The fourth-order valence-corrected chi connectivity index (χ4v) is 5.89. The van der Waals surface area contributed by atoms with E-state index in [1.54, 1.807) is 30.3 Å². The summed E-state index contributed by atoms with van der Waals surface area (Å²) in [6, 6.07) is 16.5. The van der Waals surface area contributed by atoms with Gasteiger partial charge in [-0.3, -0.25) is 14.5 Å². The van der Waals surface area contributed by atoms with Gasteiger partial charge in [0.1, 0.15) is 17.0 Å². The Morgan fingerprint density at radius 2 is 1.46 bits per heavy atom. The molecule has 0 bridgehead atoms. The Kier molecular flexibility index (Phi) is 8.13. The van der Waals surface area contributed by atoms with Crippen molar-refractivity contribution < 1.29 is 31.5 Å². The van der Waals surface area contributed by atoms with E-state index in [1.807, 2.05) is 0 Å². The van der Waals surface area contributed by atoms with E-state index in [-0.39, 0.29) is 24.4 Å². The van der Waals surface area contributed by atoms with E-state index in [9.17, 15) is 31.5 Å². The van der Waals surface area contributed by atoms with Crippen molar-refractivity contribution in [3.63, 3.8) is 0 Å². The number of carbonyl (C=O) groups excluding carboxylic acids is 2. The van der Waals surface area contributed by atoms with Gasteiger partial charge in [0.05, 0.1) is 12.1 Å². The van der Waals surface area contributed by atoms with Gasteiger partial charge in [-0.2, -0.15) is 13.2 Å². The van der Waals surface area contributed by atoms with Crippen LogP contribution in [0.15, 0.2) is 72.8 Å².